The third-order valence-corrected chi connectivity index (χ3v) is 6.92. The number of hydrogen-bond donors (Lipinski definition) is 0. The third kappa shape index (κ3) is 2.01. The zero-order valence-corrected chi connectivity index (χ0v) is 13.8. The van der Waals surface area contributed by atoms with Crippen LogP contribution in [0.15, 0.2) is 29.8 Å². The van der Waals surface area contributed by atoms with Gasteiger partial charge in [0.1, 0.15) is 0 Å². The van der Waals surface area contributed by atoms with Gasteiger partial charge in [0.05, 0.1) is 10.4 Å². The highest BCUT2D eigenvalue weighted by Crippen LogP contribution is 2.47. The second-order valence-corrected chi connectivity index (χ2v) is 7.51. The molecule has 0 spiro atoms. The van der Waals surface area contributed by atoms with Crippen LogP contribution in [0.4, 0.5) is 0 Å². The first-order valence-electron chi connectivity index (χ1n) is 6.77. The summed E-state index contributed by atoms with van der Waals surface area (Å²) in [4.78, 5) is 0.431. The van der Waals surface area contributed by atoms with Crippen LogP contribution in [-0.2, 0) is 10.0 Å². The van der Waals surface area contributed by atoms with Crippen LogP contribution in [0.5, 0.6) is 0 Å². The van der Waals surface area contributed by atoms with Gasteiger partial charge in [-0.25, -0.2) is 8.42 Å². The van der Waals surface area contributed by atoms with Crippen molar-refractivity contribution in [2.24, 2.45) is 0 Å². The summed E-state index contributed by atoms with van der Waals surface area (Å²) >= 11 is 5.89. The zero-order valence-electron chi connectivity index (χ0n) is 12.3. The third-order valence-electron chi connectivity index (χ3n) is 4.54. The van der Waals surface area contributed by atoms with E-state index in [1.165, 1.54) is 4.31 Å². The molecule has 1 heterocycles. The second kappa shape index (κ2) is 5.17. The molecule has 5 heteroatoms. The Labute approximate surface area is 126 Å². The van der Waals surface area contributed by atoms with E-state index in [-0.39, 0.29) is 0 Å². The maximum absolute atomic E-state index is 12.8. The minimum absolute atomic E-state index is 0.409. The lowest BCUT2D eigenvalue weighted by Crippen LogP contribution is -2.44. The van der Waals surface area contributed by atoms with E-state index in [2.05, 4.69) is 0 Å². The summed E-state index contributed by atoms with van der Waals surface area (Å²) in [7, 11) is -1.77. The Bertz CT molecular complexity index is 643. The monoisotopic (exact) mass is 313 g/mol. The number of rotatable bonds is 3. The zero-order chi connectivity index (χ0) is 15.1. The van der Waals surface area contributed by atoms with E-state index in [1.54, 1.807) is 31.3 Å². The predicted octanol–water partition coefficient (Wildman–Crippen LogP) is 3.91. The number of nitrogens with zero attached hydrogens (tertiary/aromatic N) is 1. The summed E-state index contributed by atoms with van der Waals surface area (Å²) in [6.45, 7) is 5.99. The van der Waals surface area contributed by atoms with Crippen LogP contribution < -0.4 is 0 Å². The molecule has 0 saturated carbocycles. The van der Waals surface area contributed by atoms with E-state index in [0.29, 0.717) is 15.5 Å². The van der Waals surface area contributed by atoms with Crippen LogP contribution in [0.25, 0.3) is 4.91 Å². The quantitative estimate of drug-likeness (QED) is 0.848. The van der Waals surface area contributed by atoms with Crippen molar-refractivity contribution in [1.82, 2.24) is 4.31 Å². The van der Waals surface area contributed by atoms with Gasteiger partial charge in [-0.3, -0.25) is 0 Å². The van der Waals surface area contributed by atoms with Crippen molar-refractivity contribution >= 4 is 26.5 Å². The summed E-state index contributed by atoms with van der Waals surface area (Å²) < 4.78 is 27.0. The van der Waals surface area contributed by atoms with Gasteiger partial charge in [-0.2, -0.15) is 4.31 Å². The molecule has 0 aliphatic carbocycles. The fraction of sp³-hybridized carbons (Fsp3) is 0.467. The summed E-state index contributed by atoms with van der Waals surface area (Å²) in [6.07, 6.45) is 1.53. The van der Waals surface area contributed by atoms with Crippen molar-refractivity contribution in [3.05, 3.63) is 40.4 Å². The van der Waals surface area contributed by atoms with Crippen molar-refractivity contribution in [3.8, 4) is 0 Å². The fourth-order valence-electron chi connectivity index (χ4n) is 3.20. The van der Waals surface area contributed by atoms with E-state index in [1.807, 2.05) is 20.8 Å². The van der Waals surface area contributed by atoms with Crippen molar-refractivity contribution in [2.45, 2.75) is 39.2 Å². The van der Waals surface area contributed by atoms with Crippen molar-refractivity contribution < 1.29 is 8.42 Å². The van der Waals surface area contributed by atoms with E-state index in [9.17, 15) is 8.42 Å². The lowest BCUT2D eigenvalue weighted by molar-refractivity contribution is 0.257. The minimum Gasteiger partial charge on any atom is -0.207 e. The Morgan fingerprint density at radius 1 is 1.15 bits per heavy atom. The minimum atomic E-state index is -3.44. The van der Waals surface area contributed by atoms with Crippen molar-refractivity contribution in [1.29, 1.82) is 0 Å². The molecule has 0 fully saturated rings. The molecule has 1 aliphatic rings. The first-order chi connectivity index (χ1) is 9.31. The van der Waals surface area contributed by atoms with Crippen molar-refractivity contribution in [3.63, 3.8) is 0 Å². The molecule has 0 saturated heterocycles. The molecule has 20 heavy (non-hydrogen) atoms. The SMILES string of the molecule is CCC1(CC)C(C)=C(c2ccc(Cl)cc2)S(=O)(=O)N1C. The van der Waals surface area contributed by atoms with Gasteiger partial charge in [0, 0.05) is 12.1 Å². The molecular weight excluding hydrogens is 294 g/mol. The molecule has 0 radical (unpaired) electrons. The van der Waals surface area contributed by atoms with Crippen LogP contribution in [0, 0.1) is 0 Å². The Kier molecular flexibility index (Phi) is 4.02. The molecule has 1 aromatic carbocycles. The van der Waals surface area contributed by atoms with Gasteiger partial charge in [-0.15, -0.1) is 0 Å². The maximum atomic E-state index is 12.8. The lowest BCUT2D eigenvalue weighted by Gasteiger charge is -2.34. The lowest BCUT2D eigenvalue weighted by atomic mass is 9.84. The molecule has 0 atom stereocenters. The molecule has 0 unspecified atom stereocenters. The Morgan fingerprint density at radius 2 is 1.65 bits per heavy atom. The number of benzene rings is 1. The second-order valence-electron chi connectivity index (χ2n) is 5.17. The van der Waals surface area contributed by atoms with Crippen LogP contribution in [0.3, 0.4) is 0 Å². The molecule has 2 rings (SSSR count). The van der Waals surface area contributed by atoms with Crippen LogP contribution >= 0.6 is 11.6 Å². The number of hydrogen-bond acceptors (Lipinski definition) is 2. The number of sulfonamides is 1. The average molecular weight is 314 g/mol. The van der Waals surface area contributed by atoms with Crippen LogP contribution in [0.2, 0.25) is 5.02 Å². The summed E-state index contributed by atoms with van der Waals surface area (Å²) in [6, 6.07) is 7.00. The molecule has 0 amide bonds. The maximum Gasteiger partial charge on any atom is 0.244 e. The van der Waals surface area contributed by atoms with Gasteiger partial charge >= 0.3 is 0 Å². The van der Waals surface area contributed by atoms with Crippen molar-refractivity contribution in [2.75, 3.05) is 7.05 Å². The first-order valence-corrected chi connectivity index (χ1v) is 8.59. The number of likely N-dealkylation sites (N-methyl/N-ethyl adjacent to an activating group) is 1. The Morgan fingerprint density at radius 3 is 2.05 bits per heavy atom. The number of halogens is 1. The highest BCUT2D eigenvalue weighted by Gasteiger charge is 2.49. The Hall–Kier alpha value is -0.840. The van der Waals surface area contributed by atoms with E-state index in [4.69, 9.17) is 11.6 Å². The summed E-state index contributed by atoms with van der Waals surface area (Å²) in [5.41, 5.74) is 1.23. The van der Waals surface area contributed by atoms with Crippen LogP contribution in [0.1, 0.15) is 39.2 Å². The highest BCUT2D eigenvalue weighted by molar-refractivity contribution is 7.98. The van der Waals surface area contributed by atoms with E-state index >= 15 is 0 Å². The van der Waals surface area contributed by atoms with Gasteiger partial charge in [0.2, 0.25) is 10.0 Å². The topological polar surface area (TPSA) is 37.4 Å². The van der Waals surface area contributed by atoms with Crippen LogP contribution in [-0.4, -0.2) is 25.3 Å². The smallest absolute Gasteiger partial charge is 0.207 e. The highest BCUT2D eigenvalue weighted by atomic mass is 35.5. The summed E-state index contributed by atoms with van der Waals surface area (Å²) in [5.74, 6) is 0. The van der Waals surface area contributed by atoms with Gasteiger partial charge < -0.3 is 0 Å². The van der Waals surface area contributed by atoms with Gasteiger partial charge in [-0.1, -0.05) is 37.6 Å². The molecule has 3 nitrogen and oxygen atoms in total. The molecule has 0 bridgehead atoms. The normalized spacial score (nSPS) is 21.4. The van der Waals surface area contributed by atoms with Gasteiger partial charge in [0.25, 0.3) is 0 Å². The fourth-order valence-corrected chi connectivity index (χ4v) is 5.47. The largest absolute Gasteiger partial charge is 0.244 e. The van der Waals surface area contributed by atoms with E-state index in [0.717, 1.165) is 18.4 Å². The summed E-state index contributed by atoms with van der Waals surface area (Å²) in [5, 5.41) is 0.605. The molecule has 0 aromatic heterocycles. The molecule has 1 aromatic rings. The molecule has 0 N–H and O–H groups in total. The standard InChI is InChI=1S/C15H20ClNO2S/c1-5-15(6-2)11(3)14(20(18,19)17(15)4)12-7-9-13(16)10-8-12/h7-10H,5-6H2,1-4H3. The molecule has 110 valence electrons. The first kappa shape index (κ1) is 15.5. The predicted molar refractivity (Wildman–Crippen MR) is 84.0 cm³/mol. The molecule has 1 aliphatic heterocycles. The van der Waals surface area contributed by atoms with Gasteiger partial charge in [0.15, 0.2) is 0 Å². The average Bonchev–Trinajstić information content (AvgIpc) is 2.57. The Balaban J connectivity index is 2.72. The van der Waals surface area contributed by atoms with Gasteiger partial charge in [-0.05, 0) is 43.0 Å². The van der Waals surface area contributed by atoms with E-state index < -0.39 is 15.6 Å². The molecular formula is C15H20ClNO2S.